The van der Waals surface area contributed by atoms with Crippen molar-refractivity contribution in [3.8, 4) is 0 Å². The van der Waals surface area contributed by atoms with Gasteiger partial charge in [-0.3, -0.25) is 5.10 Å². The zero-order chi connectivity index (χ0) is 14.7. The van der Waals surface area contributed by atoms with Gasteiger partial charge in [0.05, 0.1) is 6.20 Å². The monoisotopic (exact) mass is 306 g/mol. The average Bonchev–Trinajstić information content (AvgIpc) is 3.14. The Morgan fingerprint density at radius 1 is 1.33 bits per heavy atom. The highest BCUT2D eigenvalue weighted by Crippen LogP contribution is 2.27. The minimum atomic E-state index is -3.44. The molecular weight excluding hydrogens is 288 g/mol. The number of hydrogen-bond acceptors (Lipinski definition) is 4. The van der Waals surface area contributed by atoms with Crippen molar-refractivity contribution >= 4 is 15.7 Å². The number of rotatable bonds is 6. The number of nitrogens with zero attached hydrogens (tertiary/aromatic N) is 2. The highest BCUT2D eigenvalue weighted by Gasteiger charge is 2.18. The van der Waals surface area contributed by atoms with Gasteiger partial charge in [0, 0.05) is 31.5 Å². The van der Waals surface area contributed by atoms with Crippen molar-refractivity contribution in [3.63, 3.8) is 0 Å². The summed E-state index contributed by atoms with van der Waals surface area (Å²) in [5.41, 5.74) is 2.65. The van der Waals surface area contributed by atoms with E-state index in [0.717, 1.165) is 25.9 Å². The van der Waals surface area contributed by atoms with Gasteiger partial charge in [0.15, 0.2) is 0 Å². The number of aromatic nitrogens is 2. The summed E-state index contributed by atoms with van der Waals surface area (Å²) in [6.07, 6.45) is 4.51. The molecule has 0 fully saturated rings. The lowest BCUT2D eigenvalue weighted by Gasteiger charge is -2.19. The molecule has 1 aliphatic rings. The van der Waals surface area contributed by atoms with Crippen LogP contribution in [0.2, 0.25) is 0 Å². The molecule has 0 saturated heterocycles. The number of sulfonamides is 1. The number of fused-ring (bicyclic) bond motifs is 1. The van der Waals surface area contributed by atoms with Gasteiger partial charge < -0.3 is 4.90 Å². The molecule has 0 radical (unpaired) electrons. The summed E-state index contributed by atoms with van der Waals surface area (Å²) < 4.78 is 26.4. The third-order valence-corrected chi connectivity index (χ3v) is 5.09. The van der Waals surface area contributed by atoms with Crippen LogP contribution in [0.4, 0.5) is 5.69 Å². The molecule has 0 amide bonds. The van der Waals surface area contributed by atoms with Crippen molar-refractivity contribution < 1.29 is 8.42 Å². The van der Waals surface area contributed by atoms with Gasteiger partial charge in [0.25, 0.3) is 0 Å². The first-order chi connectivity index (χ1) is 10.2. The van der Waals surface area contributed by atoms with Crippen LogP contribution in [0.5, 0.6) is 0 Å². The molecule has 1 aromatic carbocycles. The fourth-order valence-electron chi connectivity index (χ4n) is 2.58. The van der Waals surface area contributed by atoms with E-state index in [1.54, 1.807) is 0 Å². The molecule has 3 rings (SSSR count). The topological polar surface area (TPSA) is 78.1 Å². The van der Waals surface area contributed by atoms with E-state index in [0.29, 0.717) is 6.54 Å². The van der Waals surface area contributed by atoms with Gasteiger partial charge in [-0.05, 0) is 24.5 Å². The van der Waals surface area contributed by atoms with Crippen molar-refractivity contribution in [1.29, 1.82) is 0 Å². The van der Waals surface area contributed by atoms with Gasteiger partial charge in [-0.15, -0.1) is 0 Å². The van der Waals surface area contributed by atoms with E-state index in [9.17, 15) is 8.42 Å². The Hall–Kier alpha value is -1.86. The minimum Gasteiger partial charge on any atom is -0.371 e. The minimum absolute atomic E-state index is 0.175. The number of H-pyrrole nitrogens is 1. The van der Waals surface area contributed by atoms with Crippen LogP contribution in [0.3, 0.4) is 0 Å². The Morgan fingerprint density at radius 3 is 3.00 bits per heavy atom. The van der Waals surface area contributed by atoms with Crippen LogP contribution < -0.4 is 9.62 Å². The number of hydrogen-bond donors (Lipinski definition) is 2. The Kier molecular flexibility index (Phi) is 3.94. The molecule has 1 aliphatic heterocycles. The first-order valence-corrected chi connectivity index (χ1v) is 8.46. The van der Waals surface area contributed by atoms with Crippen molar-refractivity contribution in [3.05, 3.63) is 42.2 Å². The van der Waals surface area contributed by atoms with E-state index >= 15 is 0 Å². The van der Waals surface area contributed by atoms with Gasteiger partial charge in [-0.2, -0.15) is 5.10 Å². The molecule has 0 atom stereocenters. The van der Waals surface area contributed by atoms with E-state index < -0.39 is 10.0 Å². The Balaban J connectivity index is 1.50. The van der Waals surface area contributed by atoms with Crippen LogP contribution in [0.15, 0.2) is 41.6 Å². The highest BCUT2D eigenvalue weighted by atomic mass is 32.2. The fraction of sp³-hybridized carbons (Fsp3) is 0.357. The van der Waals surface area contributed by atoms with E-state index in [2.05, 4.69) is 38.0 Å². The highest BCUT2D eigenvalue weighted by molar-refractivity contribution is 7.89. The van der Waals surface area contributed by atoms with Crippen molar-refractivity contribution in [2.45, 2.75) is 17.7 Å². The van der Waals surface area contributed by atoms with Crippen LogP contribution in [0.1, 0.15) is 12.0 Å². The third-order valence-electron chi connectivity index (χ3n) is 3.66. The molecule has 0 aliphatic carbocycles. The second kappa shape index (κ2) is 5.87. The SMILES string of the molecule is O=S(=O)(NCCCN1CCc2ccccc21)c1cn[nH]c1. The van der Waals surface area contributed by atoms with Crippen molar-refractivity contribution in [2.75, 3.05) is 24.5 Å². The number of benzene rings is 1. The van der Waals surface area contributed by atoms with Crippen LogP contribution in [0.25, 0.3) is 0 Å². The quantitative estimate of drug-likeness (QED) is 0.785. The summed E-state index contributed by atoms with van der Waals surface area (Å²) in [4.78, 5) is 2.48. The number of nitrogens with one attached hydrogen (secondary N) is 2. The van der Waals surface area contributed by atoms with E-state index in [1.165, 1.54) is 23.6 Å². The maximum absolute atomic E-state index is 11.9. The first kappa shape index (κ1) is 14.1. The maximum Gasteiger partial charge on any atom is 0.243 e. The van der Waals surface area contributed by atoms with Gasteiger partial charge >= 0.3 is 0 Å². The normalized spacial score (nSPS) is 14.4. The molecule has 2 N–H and O–H groups in total. The molecule has 2 heterocycles. The largest absolute Gasteiger partial charge is 0.371 e. The van der Waals surface area contributed by atoms with Crippen LogP contribution in [-0.2, 0) is 16.4 Å². The summed E-state index contributed by atoms with van der Waals surface area (Å²) in [5.74, 6) is 0. The third kappa shape index (κ3) is 3.08. The predicted molar refractivity (Wildman–Crippen MR) is 80.8 cm³/mol. The molecule has 112 valence electrons. The average molecular weight is 306 g/mol. The zero-order valence-electron chi connectivity index (χ0n) is 11.6. The van der Waals surface area contributed by atoms with Gasteiger partial charge in [0.2, 0.25) is 10.0 Å². The number of anilines is 1. The Morgan fingerprint density at radius 2 is 2.19 bits per heavy atom. The smallest absolute Gasteiger partial charge is 0.243 e. The summed E-state index contributed by atoms with van der Waals surface area (Å²) in [6.45, 7) is 2.28. The molecule has 0 bridgehead atoms. The van der Waals surface area contributed by atoms with Gasteiger partial charge in [-0.25, -0.2) is 13.1 Å². The second-order valence-electron chi connectivity index (χ2n) is 5.05. The van der Waals surface area contributed by atoms with Crippen LogP contribution in [0, 0.1) is 0 Å². The lowest BCUT2D eigenvalue weighted by molar-refractivity contribution is 0.578. The molecule has 21 heavy (non-hydrogen) atoms. The molecule has 0 saturated carbocycles. The van der Waals surface area contributed by atoms with Gasteiger partial charge in [0.1, 0.15) is 4.90 Å². The molecule has 0 unspecified atom stereocenters. The van der Waals surface area contributed by atoms with E-state index in [1.807, 2.05) is 6.07 Å². The summed E-state index contributed by atoms with van der Waals surface area (Å²) in [6, 6.07) is 8.37. The van der Waals surface area contributed by atoms with Crippen LogP contribution >= 0.6 is 0 Å². The fourth-order valence-corrected chi connectivity index (χ4v) is 3.56. The number of para-hydroxylation sites is 1. The standard InChI is InChI=1S/C14H18N4O2S/c19-21(20,13-10-15-16-11-13)17-7-3-8-18-9-6-12-4-1-2-5-14(12)18/h1-2,4-5,10-11,17H,3,6-9H2,(H,15,16). The van der Waals surface area contributed by atoms with Crippen molar-refractivity contribution in [1.82, 2.24) is 14.9 Å². The van der Waals surface area contributed by atoms with E-state index in [-0.39, 0.29) is 4.90 Å². The molecule has 7 heteroatoms. The Labute approximate surface area is 124 Å². The summed E-state index contributed by atoms with van der Waals surface area (Å²) in [7, 11) is -3.44. The molecule has 0 spiro atoms. The van der Waals surface area contributed by atoms with Crippen LogP contribution in [-0.4, -0.2) is 38.2 Å². The lowest BCUT2D eigenvalue weighted by atomic mass is 10.2. The summed E-state index contributed by atoms with van der Waals surface area (Å²) >= 11 is 0. The zero-order valence-corrected chi connectivity index (χ0v) is 12.4. The number of aromatic amines is 1. The molecular formula is C14H18N4O2S. The van der Waals surface area contributed by atoms with Crippen molar-refractivity contribution in [2.24, 2.45) is 0 Å². The second-order valence-corrected chi connectivity index (χ2v) is 6.82. The molecule has 2 aromatic rings. The Bertz CT molecular complexity index is 698. The first-order valence-electron chi connectivity index (χ1n) is 6.98. The maximum atomic E-state index is 11.9. The predicted octanol–water partition coefficient (Wildman–Crippen LogP) is 1.14. The summed E-state index contributed by atoms with van der Waals surface area (Å²) in [5, 5.41) is 6.16. The molecule has 1 aromatic heterocycles. The van der Waals surface area contributed by atoms with Gasteiger partial charge in [-0.1, -0.05) is 18.2 Å². The molecule has 6 nitrogen and oxygen atoms in total. The lowest BCUT2D eigenvalue weighted by Crippen LogP contribution is -2.29. The van der Waals surface area contributed by atoms with E-state index in [4.69, 9.17) is 0 Å².